The highest BCUT2D eigenvalue weighted by molar-refractivity contribution is 7.85. The second-order valence-corrected chi connectivity index (χ2v) is 15.7. The molecule has 1 N–H and O–H groups in total. The summed E-state index contributed by atoms with van der Waals surface area (Å²) in [6.45, 7) is 10.8. The van der Waals surface area contributed by atoms with Crippen molar-refractivity contribution in [3.05, 3.63) is 82.6 Å². The molecule has 3 heterocycles. The van der Waals surface area contributed by atoms with E-state index in [1.807, 2.05) is 0 Å². The van der Waals surface area contributed by atoms with Crippen molar-refractivity contribution in [3.8, 4) is 11.3 Å². The van der Waals surface area contributed by atoms with Gasteiger partial charge in [-0.05, 0) is 105 Å². The van der Waals surface area contributed by atoms with E-state index in [-0.39, 0.29) is 24.2 Å². The predicted molar refractivity (Wildman–Crippen MR) is 198 cm³/mol. The van der Waals surface area contributed by atoms with Gasteiger partial charge in [0.05, 0.1) is 11.0 Å². The lowest BCUT2D eigenvalue weighted by atomic mass is 9.83. The number of carbonyl (C=O) groups is 3. The van der Waals surface area contributed by atoms with Crippen molar-refractivity contribution in [2.45, 2.75) is 102 Å². The molecular formula is C40H48N3O8S+. The summed E-state index contributed by atoms with van der Waals surface area (Å²) < 4.78 is 43.2. The van der Waals surface area contributed by atoms with Crippen LogP contribution in [0.2, 0.25) is 0 Å². The molecule has 2 amide bonds. The summed E-state index contributed by atoms with van der Waals surface area (Å²) in [5.41, 5.74) is 5.39. The molecule has 11 nitrogen and oxygen atoms in total. The summed E-state index contributed by atoms with van der Waals surface area (Å²) >= 11 is 0. The third-order valence-corrected chi connectivity index (χ3v) is 11.3. The van der Waals surface area contributed by atoms with Gasteiger partial charge in [-0.2, -0.15) is 8.42 Å². The molecule has 1 aromatic carbocycles. The quantitative estimate of drug-likeness (QED) is 0.0781. The number of aryl methyl sites for hydroxylation is 1. The first-order valence-electron chi connectivity index (χ1n) is 18.3. The van der Waals surface area contributed by atoms with E-state index in [9.17, 15) is 27.4 Å². The minimum atomic E-state index is -4.41. The van der Waals surface area contributed by atoms with Crippen molar-refractivity contribution < 1.29 is 36.6 Å². The number of anilines is 1. The smallest absolute Gasteiger partial charge is 0.333 e. The molecule has 0 spiro atoms. The number of benzene rings is 2. The standard InChI is InChI=1S/C40H47N3O8S/c1-5-41(6-2)30-17-15-28-24-29-13-10-9-12-27(39(29)50-34(28)25-30)16-20-35-40(3,4)32-26-31(52(47,48)49)18-19-33(32)42(35)23-11-7-8-14-38(46)51-43-36(44)21-22-37(43)45/h15-20,24-26H,5-14,21-23H2,1-4H3/p+1. The SMILES string of the molecule is CC[N+](CC)=c1ccc2cc3c(oc-2c1)/C(=C/C=C1\N(CCCCCC(=O)ON2C(=O)CCC2=O)c2ccc(S(=O)(=O)O)cc2C1(C)C)CCCC3. The molecule has 1 aromatic rings. The highest BCUT2D eigenvalue weighted by Gasteiger charge is 2.40. The molecule has 1 fully saturated rings. The largest absolute Gasteiger partial charge is 0.456 e. The first-order valence-corrected chi connectivity index (χ1v) is 19.8. The zero-order chi connectivity index (χ0) is 37.2. The Kier molecular flexibility index (Phi) is 10.9. The minimum absolute atomic E-state index is 0.0496. The fourth-order valence-electron chi connectivity index (χ4n) is 7.56. The van der Waals surface area contributed by atoms with Crippen molar-refractivity contribution >= 4 is 39.2 Å². The minimum Gasteiger partial charge on any atom is -0.456 e. The normalized spacial score (nSPS) is 18.6. The molecule has 0 radical (unpaired) electrons. The van der Waals surface area contributed by atoms with Gasteiger partial charge < -0.3 is 14.2 Å². The zero-order valence-electron chi connectivity index (χ0n) is 30.4. The maximum atomic E-state index is 12.3. The van der Waals surface area contributed by atoms with Crippen LogP contribution in [-0.2, 0) is 41.2 Å². The van der Waals surface area contributed by atoms with Gasteiger partial charge >= 0.3 is 5.97 Å². The van der Waals surface area contributed by atoms with Gasteiger partial charge in [-0.3, -0.25) is 14.1 Å². The lowest BCUT2D eigenvalue weighted by molar-refractivity contribution is -0.197. The number of hydrogen-bond donors (Lipinski definition) is 1. The third-order valence-electron chi connectivity index (χ3n) is 10.5. The van der Waals surface area contributed by atoms with Crippen LogP contribution in [0.3, 0.4) is 0 Å². The molecule has 0 unspecified atom stereocenters. The topological polar surface area (TPSA) is 137 Å². The van der Waals surface area contributed by atoms with Gasteiger partial charge in [-0.15, -0.1) is 5.06 Å². The van der Waals surface area contributed by atoms with Crippen LogP contribution >= 0.6 is 0 Å². The van der Waals surface area contributed by atoms with E-state index in [0.717, 1.165) is 83.7 Å². The molecule has 2 aliphatic carbocycles. The van der Waals surface area contributed by atoms with Crippen LogP contribution in [0.1, 0.15) is 102 Å². The van der Waals surface area contributed by atoms with Gasteiger partial charge in [-0.1, -0.05) is 26.3 Å². The van der Waals surface area contributed by atoms with E-state index in [4.69, 9.17) is 9.25 Å². The van der Waals surface area contributed by atoms with Crippen LogP contribution in [0, 0.1) is 0 Å². The molecule has 276 valence electrons. The van der Waals surface area contributed by atoms with Crippen LogP contribution in [0.25, 0.3) is 16.9 Å². The van der Waals surface area contributed by atoms with Crippen LogP contribution in [0.4, 0.5) is 5.69 Å². The Bertz CT molecular complexity index is 2090. The van der Waals surface area contributed by atoms with E-state index < -0.39 is 33.3 Å². The Morgan fingerprint density at radius 2 is 1.67 bits per heavy atom. The van der Waals surface area contributed by atoms with Crippen LogP contribution in [0.5, 0.6) is 0 Å². The van der Waals surface area contributed by atoms with Crippen molar-refractivity contribution in [3.63, 3.8) is 0 Å². The number of carbonyl (C=O) groups excluding carboxylic acids is 3. The summed E-state index contributed by atoms with van der Waals surface area (Å²) in [6.07, 6.45) is 10.2. The number of imide groups is 1. The number of amides is 2. The summed E-state index contributed by atoms with van der Waals surface area (Å²) in [5, 5.41) is 1.70. The molecule has 6 rings (SSSR count). The number of nitrogens with zero attached hydrogens (tertiary/aromatic N) is 3. The Hall–Kier alpha value is -4.55. The van der Waals surface area contributed by atoms with Gasteiger partial charge in [0.25, 0.3) is 21.9 Å². The van der Waals surface area contributed by atoms with E-state index >= 15 is 0 Å². The highest BCUT2D eigenvalue weighted by atomic mass is 32.2. The number of rotatable bonds is 11. The van der Waals surface area contributed by atoms with Gasteiger partial charge in [0.1, 0.15) is 24.6 Å². The van der Waals surface area contributed by atoms with E-state index in [1.165, 1.54) is 11.6 Å². The summed E-state index contributed by atoms with van der Waals surface area (Å²) in [7, 11) is -4.41. The Morgan fingerprint density at radius 1 is 0.942 bits per heavy atom. The number of fused-ring (bicyclic) bond motifs is 3. The molecule has 1 saturated heterocycles. The molecule has 0 aromatic heterocycles. The van der Waals surface area contributed by atoms with Gasteiger partial charge in [0.15, 0.2) is 0 Å². The third kappa shape index (κ3) is 7.64. The molecule has 5 aliphatic rings. The van der Waals surface area contributed by atoms with Crippen molar-refractivity contribution in [1.82, 2.24) is 9.64 Å². The number of unbranched alkanes of at least 4 members (excludes halogenated alkanes) is 2. The van der Waals surface area contributed by atoms with Crippen molar-refractivity contribution in [2.75, 3.05) is 24.5 Å². The molecule has 0 atom stereocenters. The molecule has 3 aliphatic heterocycles. The van der Waals surface area contributed by atoms with E-state index in [2.05, 4.69) is 73.6 Å². The number of hydroxylamine groups is 2. The monoisotopic (exact) mass is 730 g/mol. The van der Waals surface area contributed by atoms with Crippen LogP contribution in [0.15, 0.2) is 69.6 Å². The van der Waals surface area contributed by atoms with Crippen LogP contribution < -0.4 is 14.8 Å². The van der Waals surface area contributed by atoms with E-state index in [0.29, 0.717) is 30.9 Å². The first-order chi connectivity index (χ1) is 24.8. The Balaban J connectivity index is 1.29. The first kappa shape index (κ1) is 37.2. The van der Waals surface area contributed by atoms with Crippen LogP contribution in [-0.4, -0.2) is 55.5 Å². The molecule has 52 heavy (non-hydrogen) atoms. The molecule has 0 saturated carbocycles. The predicted octanol–water partition coefficient (Wildman–Crippen LogP) is 6.40. The average molecular weight is 731 g/mol. The molecule has 12 heteroatoms. The van der Waals surface area contributed by atoms with Gasteiger partial charge in [0, 0.05) is 54.2 Å². The van der Waals surface area contributed by atoms with Crippen molar-refractivity contribution in [2.24, 2.45) is 0 Å². The molecule has 0 bridgehead atoms. The summed E-state index contributed by atoms with van der Waals surface area (Å²) in [5.74, 6) is 0.125. The summed E-state index contributed by atoms with van der Waals surface area (Å²) in [6, 6.07) is 13.4. The highest BCUT2D eigenvalue weighted by Crippen LogP contribution is 2.49. The average Bonchev–Trinajstić information content (AvgIpc) is 3.43. The van der Waals surface area contributed by atoms with Gasteiger partial charge in [-0.25, -0.2) is 9.37 Å². The van der Waals surface area contributed by atoms with Gasteiger partial charge in [0.2, 0.25) is 5.36 Å². The lowest BCUT2D eigenvalue weighted by Gasteiger charge is -2.27. The lowest BCUT2D eigenvalue weighted by Crippen LogP contribution is -2.32. The number of allylic oxidation sites excluding steroid dienone is 4. The number of hydrogen-bond acceptors (Lipinski definition) is 8. The molecular weight excluding hydrogens is 683 g/mol. The summed E-state index contributed by atoms with van der Waals surface area (Å²) in [4.78, 5) is 43.0. The van der Waals surface area contributed by atoms with E-state index in [1.54, 1.807) is 12.1 Å². The van der Waals surface area contributed by atoms with Crippen molar-refractivity contribution in [1.29, 1.82) is 0 Å². The fraction of sp³-hybridized carbons (Fsp3) is 0.450. The second kappa shape index (κ2) is 15.2. The Morgan fingerprint density at radius 3 is 2.38 bits per heavy atom. The Labute approximate surface area is 305 Å². The fourth-order valence-corrected chi connectivity index (χ4v) is 8.07. The zero-order valence-corrected chi connectivity index (χ0v) is 31.3. The second-order valence-electron chi connectivity index (χ2n) is 14.2. The maximum Gasteiger partial charge on any atom is 0.333 e. The maximum absolute atomic E-state index is 12.3.